The number of benzene rings is 2. The van der Waals surface area contributed by atoms with Gasteiger partial charge in [0.05, 0.1) is 22.9 Å². The SMILES string of the molecule is CCCNC(=O)c1ccccc1NC(=O)[C@@H]1CCCN(S(=O)(=O)Cc2ccc(Cl)cc2Cl)C1. The van der Waals surface area contributed by atoms with Crippen molar-refractivity contribution in [3.63, 3.8) is 0 Å². The van der Waals surface area contributed by atoms with Gasteiger partial charge in [0, 0.05) is 29.7 Å². The minimum absolute atomic E-state index is 0.0730. The van der Waals surface area contributed by atoms with Crippen LogP contribution in [0.25, 0.3) is 0 Å². The third-order valence-electron chi connectivity index (χ3n) is 5.47. The molecule has 2 aromatic rings. The van der Waals surface area contributed by atoms with Crippen LogP contribution >= 0.6 is 23.2 Å². The zero-order chi connectivity index (χ0) is 24.0. The minimum Gasteiger partial charge on any atom is -0.352 e. The molecular formula is C23H27Cl2N3O4S. The van der Waals surface area contributed by atoms with Crippen LogP contribution in [0.5, 0.6) is 0 Å². The van der Waals surface area contributed by atoms with Crippen LogP contribution in [0.15, 0.2) is 42.5 Å². The maximum absolute atomic E-state index is 13.0. The molecular weight excluding hydrogens is 485 g/mol. The number of carbonyl (C=O) groups is 2. The van der Waals surface area contributed by atoms with Crippen molar-refractivity contribution >= 4 is 50.7 Å². The Labute approximate surface area is 204 Å². The second-order valence-electron chi connectivity index (χ2n) is 7.98. The van der Waals surface area contributed by atoms with Crippen molar-refractivity contribution in [3.8, 4) is 0 Å². The molecule has 0 aromatic heterocycles. The number of nitrogens with zero attached hydrogens (tertiary/aromatic N) is 1. The molecule has 0 radical (unpaired) electrons. The summed E-state index contributed by atoms with van der Waals surface area (Å²) in [6.07, 6.45) is 1.92. The molecule has 0 unspecified atom stereocenters. The summed E-state index contributed by atoms with van der Waals surface area (Å²) in [6, 6.07) is 11.5. The van der Waals surface area contributed by atoms with Crippen LogP contribution < -0.4 is 10.6 Å². The Hall–Kier alpha value is -2.13. The van der Waals surface area contributed by atoms with Gasteiger partial charge in [-0.05, 0) is 49.1 Å². The van der Waals surface area contributed by atoms with Gasteiger partial charge in [0.2, 0.25) is 15.9 Å². The third kappa shape index (κ3) is 6.69. The number of sulfonamides is 1. The van der Waals surface area contributed by atoms with Gasteiger partial charge in [0.15, 0.2) is 0 Å². The van der Waals surface area contributed by atoms with Crippen LogP contribution in [0.1, 0.15) is 42.1 Å². The van der Waals surface area contributed by atoms with Crippen LogP contribution in [0.4, 0.5) is 5.69 Å². The number of amides is 2. The lowest BCUT2D eigenvalue weighted by Gasteiger charge is -2.31. The highest BCUT2D eigenvalue weighted by molar-refractivity contribution is 7.88. The first-order valence-electron chi connectivity index (χ1n) is 10.8. The molecule has 1 fully saturated rings. The molecule has 3 rings (SSSR count). The lowest BCUT2D eigenvalue weighted by atomic mass is 9.98. The first-order valence-corrected chi connectivity index (χ1v) is 13.2. The van der Waals surface area contributed by atoms with E-state index in [2.05, 4.69) is 10.6 Å². The average molecular weight is 512 g/mol. The van der Waals surface area contributed by atoms with Gasteiger partial charge in [-0.1, -0.05) is 48.3 Å². The Bertz CT molecular complexity index is 1120. The molecule has 0 aliphatic carbocycles. The monoisotopic (exact) mass is 511 g/mol. The number of carbonyl (C=O) groups excluding carboxylic acids is 2. The molecule has 10 heteroatoms. The summed E-state index contributed by atoms with van der Waals surface area (Å²) in [4.78, 5) is 25.4. The fraction of sp³-hybridized carbons (Fsp3) is 0.391. The molecule has 0 saturated carbocycles. The number of nitrogens with one attached hydrogen (secondary N) is 2. The number of hydrogen-bond acceptors (Lipinski definition) is 4. The van der Waals surface area contributed by atoms with Crippen molar-refractivity contribution in [2.75, 3.05) is 25.0 Å². The van der Waals surface area contributed by atoms with Gasteiger partial charge in [-0.3, -0.25) is 9.59 Å². The summed E-state index contributed by atoms with van der Waals surface area (Å²) < 4.78 is 27.4. The van der Waals surface area contributed by atoms with Crippen LogP contribution in [0.2, 0.25) is 10.0 Å². The largest absolute Gasteiger partial charge is 0.352 e. The summed E-state index contributed by atoms with van der Waals surface area (Å²) in [5.41, 5.74) is 1.24. The third-order valence-corrected chi connectivity index (χ3v) is 7.85. The van der Waals surface area contributed by atoms with E-state index in [9.17, 15) is 18.0 Å². The van der Waals surface area contributed by atoms with Crippen LogP contribution in [-0.2, 0) is 20.6 Å². The Morgan fingerprint density at radius 2 is 1.91 bits per heavy atom. The lowest BCUT2D eigenvalue weighted by Crippen LogP contribution is -2.44. The molecule has 1 atom stereocenters. The number of halogens is 2. The van der Waals surface area contributed by atoms with Crippen molar-refractivity contribution in [2.24, 2.45) is 5.92 Å². The average Bonchev–Trinajstić information content (AvgIpc) is 2.79. The molecule has 2 aromatic carbocycles. The fourth-order valence-corrected chi connectivity index (χ4v) is 5.89. The molecule has 7 nitrogen and oxygen atoms in total. The van der Waals surface area contributed by atoms with Crippen molar-refractivity contribution in [3.05, 3.63) is 63.6 Å². The van der Waals surface area contributed by atoms with Crippen molar-refractivity contribution in [1.82, 2.24) is 9.62 Å². The van der Waals surface area contributed by atoms with Crippen molar-refractivity contribution < 1.29 is 18.0 Å². The van der Waals surface area contributed by atoms with E-state index in [0.717, 1.165) is 6.42 Å². The van der Waals surface area contributed by atoms with Gasteiger partial charge in [0.25, 0.3) is 5.91 Å². The molecule has 0 spiro atoms. The number of rotatable bonds is 8. The molecule has 1 aliphatic heterocycles. The highest BCUT2D eigenvalue weighted by Gasteiger charge is 2.33. The van der Waals surface area contributed by atoms with Crippen LogP contribution in [-0.4, -0.2) is 44.2 Å². The fourth-order valence-electron chi connectivity index (χ4n) is 3.69. The predicted molar refractivity (Wildman–Crippen MR) is 131 cm³/mol. The van der Waals surface area contributed by atoms with E-state index in [4.69, 9.17) is 23.2 Å². The van der Waals surface area contributed by atoms with Gasteiger partial charge >= 0.3 is 0 Å². The highest BCUT2D eigenvalue weighted by atomic mass is 35.5. The van der Waals surface area contributed by atoms with Gasteiger partial charge in [0.1, 0.15) is 0 Å². The van der Waals surface area contributed by atoms with Crippen molar-refractivity contribution in [2.45, 2.75) is 31.9 Å². The maximum Gasteiger partial charge on any atom is 0.253 e. The molecule has 1 saturated heterocycles. The van der Waals surface area contributed by atoms with E-state index in [1.165, 1.54) is 10.4 Å². The molecule has 1 aliphatic rings. The van der Waals surface area contributed by atoms with Gasteiger partial charge < -0.3 is 10.6 Å². The van der Waals surface area contributed by atoms with Crippen LogP contribution in [0.3, 0.4) is 0 Å². The summed E-state index contributed by atoms with van der Waals surface area (Å²) in [5, 5.41) is 6.34. The quantitative estimate of drug-likeness (QED) is 0.551. The lowest BCUT2D eigenvalue weighted by molar-refractivity contribution is -0.120. The molecule has 2 amide bonds. The second kappa shape index (κ2) is 11.3. The smallest absolute Gasteiger partial charge is 0.253 e. The van der Waals surface area contributed by atoms with E-state index in [-0.39, 0.29) is 29.1 Å². The highest BCUT2D eigenvalue weighted by Crippen LogP contribution is 2.27. The summed E-state index contributed by atoms with van der Waals surface area (Å²) in [7, 11) is -3.68. The first-order chi connectivity index (χ1) is 15.7. The number of anilines is 1. The van der Waals surface area contributed by atoms with E-state index in [0.29, 0.717) is 47.8 Å². The van der Waals surface area contributed by atoms with E-state index in [1.807, 2.05) is 6.92 Å². The zero-order valence-corrected chi connectivity index (χ0v) is 20.6. The standard InChI is InChI=1S/C23H27Cl2N3O4S/c1-2-11-26-23(30)19-7-3-4-8-21(19)27-22(29)16-6-5-12-28(14-16)33(31,32)15-17-9-10-18(24)13-20(17)25/h3-4,7-10,13,16H,2,5-6,11-12,14-15H2,1H3,(H,26,30)(H,27,29)/t16-/m1/s1. The molecule has 33 heavy (non-hydrogen) atoms. The number of hydrogen-bond donors (Lipinski definition) is 2. The van der Waals surface area contributed by atoms with Crippen LogP contribution in [0, 0.1) is 5.92 Å². The topological polar surface area (TPSA) is 95.6 Å². The predicted octanol–water partition coefficient (Wildman–Crippen LogP) is 4.31. The Kier molecular flexibility index (Phi) is 8.75. The molecule has 2 N–H and O–H groups in total. The maximum atomic E-state index is 13.0. The summed E-state index contributed by atoms with van der Waals surface area (Å²) in [5.74, 6) is -1.37. The van der Waals surface area contributed by atoms with E-state index < -0.39 is 15.9 Å². The Morgan fingerprint density at radius 3 is 2.64 bits per heavy atom. The normalized spacial score (nSPS) is 16.9. The number of piperidine rings is 1. The number of para-hydroxylation sites is 1. The van der Waals surface area contributed by atoms with E-state index >= 15 is 0 Å². The summed E-state index contributed by atoms with van der Waals surface area (Å²) >= 11 is 12.1. The Balaban J connectivity index is 1.69. The second-order valence-corrected chi connectivity index (χ2v) is 10.8. The molecule has 0 bridgehead atoms. The molecule has 178 valence electrons. The van der Waals surface area contributed by atoms with Gasteiger partial charge in [-0.25, -0.2) is 12.7 Å². The van der Waals surface area contributed by atoms with Gasteiger partial charge in [-0.15, -0.1) is 0 Å². The minimum atomic E-state index is -3.68. The zero-order valence-electron chi connectivity index (χ0n) is 18.3. The Morgan fingerprint density at radius 1 is 1.15 bits per heavy atom. The first kappa shape index (κ1) is 25.5. The van der Waals surface area contributed by atoms with E-state index in [1.54, 1.807) is 36.4 Å². The summed E-state index contributed by atoms with van der Waals surface area (Å²) in [6.45, 7) is 2.91. The van der Waals surface area contributed by atoms with Gasteiger partial charge in [-0.2, -0.15) is 0 Å². The van der Waals surface area contributed by atoms with Crippen molar-refractivity contribution in [1.29, 1.82) is 0 Å². The molecule has 1 heterocycles.